The van der Waals surface area contributed by atoms with Gasteiger partial charge in [0, 0.05) is 55.2 Å². The number of piperazine rings is 1. The molecule has 31 heavy (non-hydrogen) atoms. The molecule has 0 atom stereocenters. The molecule has 1 aliphatic heterocycles. The maximum atomic E-state index is 12.7. The number of nitrogens with one attached hydrogen (secondary N) is 1. The largest absolute Gasteiger partial charge is 0.345 e. The molecule has 4 aromatic rings. The quantitative estimate of drug-likeness (QED) is 0.523. The van der Waals surface area contributed by atoms with Crippen molar-refractivity contribution in [2.45, 2.75) is 0 Å². The average Bonchev–Trinajstić information content (AvgIpc) is 3.53. The van der Waals surface area contributed by atoms with Crippen molar-refractivity contribution >= 4 is 28.2 Å². The van der Waals surface area contributed by atoms with Crippen LogP contribution in [0.3, 0.4) is 0 Å². The fraction of sp³-hybridized carbons (Fsp3) is 0.174. The fourth-order valence-corrected chi connectivity index (χ4v) is 4.46. The van der Waals surface area contributed by atoms with E-state index >= 15 is 0 Å². The summed E-state index contributed by atoms with van der Waals surface area (Å²) in [4.78, 5) is 21.6. The van der Waals surface area contributed by atoms with E-state index in [1.54, 1.807) is 22.2 Å². The van der Waals surface area contributed by atoms with Gasteiger partial charge in [0.15, 0.2) is 5.13 Å². The highest BCUT2D eigenvalue weighted by molar-refractivity contribution is 7.14. The summed E-state index contributed by atoms with van der Waals surface area (Å²) in [5, 5.41) is 10.3. The molecule has 1 saturated heterocycles. The SMILES string of the molecule is O=C(Nc1ccc(-n2cccn2)cc1)N1CCN(c2nc(-c3ccccc3)cs2)CC1. The van der Waals surface area contributed by atoms with Crippen molar-refractivity contribution in [3.05, 3.63) is 78.4 Å². The first-order valence-electron chi connectivity index (χ1n) is 10.2. The molecule has 0 aliphatic carbocycles. The zero-order valence-corrected chi connectivity index (χ0v) is 17.7. The first kappa shape index (κ1) is 19.3. The zero-order valence-electron chi connectivity index (χ0n) is 16.9. The number of thiazole rings is 1. The van der Waals surface area contributed by atoms with Gasteiger partial charge in [0.2, 0.25) is 0 Å². The van der Waals surface area contributed by atoms with Crippen molar-refractivity contribution in [1.82, 2.24) is 19.7 Å². The van der Waals surface area contributed by atoms with Crippen molar-refractivity contribution in [2.24, 2.45) is 0 Å². The minimum Gasteiger partial charge on any atom is -0.345 e. The maximum absolute atomic E-state index is 12.7. The van der Waals surface area contributed by atoms with E-state index < -0.39 is 0 Å². The number of carbonyl (C=O) groups is 1. The van der Waals surface area contributed by atoms with E-state index in [-0.39, 0.29) is 6.03 Å². The van der Waals surface area contributed by atoms with Crippen molar-refractivity contribution in [3.8, 4) is 16.9 Å². The lowest BCUT2D eigenvalue weighted by molar-refractivity contribution is 0.208. The monoisotopic (exact) mass is 430 g/mol. The van der Waals surface area contributed by atoms with Crippen LogP contribution in [0, 0.1) is 0 Å². The third-order valence-electron chi connectivity index (χ3n) is 5.29. The summed E-state index contributed by atoms with van der Waals surface area (Å²) in [7, 11) is 0. The molecule has 0 radical (unpaired) electrons. The molecule has 3 heterocycles. The standard InChI is InChI=1S/C23H22N6OS/c30-22(25-19-7-9-20(10-8-19)29-12-4-11-24-29)27-13-15-28(16-14-27)23-26-21(17-31-23)18-5-2-1-3-6-18/h1-12,17H,13-16H2,(H,25,30). The highest BCUT2D eigenvalue weighted by Gasteiger charge is 2.23. The van der Waals surface area contributed by atoms with E-state index in [0.29, 0.717) is 13.1 Å². The molecule has 0 saturated carbocycles. The van der Waals surface area contributed by atoms with Gasteiger partial charge in [-0.15, -0.1) is 11.3 Å². The molecular formula is C23H22N6OS. The molecule has 0 bridgehead atoms. The first-order chi connectivity index (χ1) is 15.3. The van der Waals surface area contributed by atoms with Crippen LogP contribution in [0.15, 0.2) is 78.4 Å². The van der Waals surface area contributed by atoms with Crippen LogP contribution in [0.1, 0.15) is 0 Å². The Morgan fingerprint density at radius 1 is 0.935 bits per heavy atom. The first-order valence-corrected chi connectivity index (χ1v) is 11.1. The molecule has 2 aromatic carbocycles. The topological polar surface area (TPSA) is 66.3 Å². The molecule has 1 fully saturated rings. The number of amides is 2. The third kappa shape index (κ3) is 4.29. The van der Waals surface area contributed by atoms with Crippen molar-refractivity contribution in [3.63, 3.8) is 0 Å². The number of anilines is 2. The second-order valence-electron chi connectivity index (χ2n) is 7.28. The molecular weight excluding hydrogens is 408 g/mol. The number of hydrogen-bond acceptors (Lipinski definition) is 5. The molecule has 2 amide bonds. The summed E-state index contributed by atoms with van der Waals surface area (Å²) in [5.41, 5.74) is 3.85. The Kier molecular flexibility index (Phi) is 5.37. The van der Waals surface area contributed by atoms with Crippen LogP contribution in [0.5, 0.6) is 0 Å². The molecule has 156 valence electrons. The van der Waals surface area contributed by atoms with Crippen LogP contribution in [-0.2, 0) is 0 Å². The molecule has 0 unspecified atom stereocenters. The Hall–Kier alpha value is -3.65. The van der Waals surface area contributed by atoms with Crippen LogP contribution in [0.25, 0.3) is 16.9 Å². The van der Waals surface area contributed by atoms with Crippen LogP contribution in [0.4, 0.5) is 15.6 Å². The van der Waals surface area contributed by atoms with Crippen LogP contribution < -0.4 is 10.2 Å². The Labute approximate surface area is 184 Å². The molecule has 0 spiro atoms. The maximum Gasteiger partial charge on any atom is 0.321 e. The Balaban J connectivity index is 1.16. The zero-order chi connectivity index (χ0) is 21.0. The van der Waals surface area contributed by atoms with E-state index in [0.717, 1.165) is 40.9 Å². The third-order valence-corrected chi connectivity index (χ3v) is 6.19. The normalized spacial score (nSPS) is 13.9. The summed E-state index contributed by atoms with van der Waals surface area (Å²) in [6.45, 7) is 2.87. The van der Waals surface area contributed by atoms with Gasteiger partial charge in [-0.2, -0.15) is 5.10 Å². The van der Waals surface area contributed by atoms with Crippen LogP contribution >= 0.6 is 11.3 Å². The van der Waals surface area contributed by atoms with Gasteiger partial charge in [-0.25, -0.2) is 14.5 Å². The average molecular weight is 431 g/mol. The minimum atomic E-state index is -0.0735. The summed E-state index contributed by atoms with van der Waals surface area (Å²) in [6.07, 6.45) is 3.63. The van der Waals surface area contributed by atoms with Gasteiger partial charge >= 0.3 is 6.03 Å². The van der Waals surface area contributed by atoms with Crippen LogP contribution in [-0.4, -0.2) is 51.9 Å². The number of rotatable bonds is 4. The second-order valence-corrected chi connectivity index (χ2v) is 8.12. The predicted octanol–water partition coefficient (Wildman–Crippen LogP) is 4.35. The van der Waals surface area contributed by atoms with E-state index in [4.69, 9.17) is 4.98 Å². The Morgan fingerprint density at radius 3 is 2.42 bits per heavy atom. The lowest BCUT2D eigenvalue weighted by Crippen LogP contribution is -2.50. The number of benzene rings is 2. The summed E-state index contributed by atoms with van der Waals surface area (Å²) in [5.74, 6) is 0. The van der Waals surface area contributed by atoms with Gasteiger partial charge < -0.3 is 15.1 Å². The van der Waals surface area contributed by atoms with E-state index in [9.17, 15) is 4.79 Å². The fourth-order valence-electron chi connectivity index (χ4n) is 3.57. The highest BCUT2D eigenvalue weighted by atomic mass is 32.1. The second kappa shape index (κ2) is 8.61. The van der Waals surface area contributed by atoms with Gasteiger partial charge in [-0.3, -0.25) is 0 Å². The van der Waals surface area contributed by atoms with E-state index in [1.165, 1.54) is 0 Å². The van der Waals surface area contributed by atoms with E-state index in [1.807, 2.05) is 59.6 Å². The van der Waals surface area contributed by atoms with Crippen molar-refractivity contribution in [2.75, 3.05) is 36.4 Å². The van der Waals surface area contributed by atoms with Gasteiger partial charge in [0.1, 0.15) is 0 Å². The summed E-state index contributed by atoms with van der Waals surface area (Å²) in [6, 6.07) is 19.7. The molecule has 1 aliphatic rings. The highest BCUT2D eigenvalue weighted by Crippen LogP contribution is 2.28. The molecule has 8 heteroatoms. The number of nitrogens with zero attached hydrogens (tertiary/aromatic N) is 5. The lowest BCUT2D eigenvalue weighted by Gasteiger charge is -2.34. The van der Waals surface area contributed by atoms with Gasteiger partial charge in [0.25, 0.3) is 0 Å². The Bertz CT molecular complexity index is 1130. The number of urea groups is 1. The summed E-state index contributed by atoms with van der Waals surface area (Å²) < 4.78 is 1.78. The molecule has 7 nitrogen and oxygen atoms in total. The van der Waals surface area contributed by atoms with Crippen LogP contribution in [0.2, 0.25) is 0 Å². The smallest absolute Gasteiger partial charge is 0.321 e. The Morgan fingerprint density at radius 2 is 1.71 bits per heavy atom. The molecule has 5 rings (SSSR count). The van der Waals surface area contributed by atoms with Gasteiger partial charge in [0.05, 0.1) is 11.4 Å². The number of hydrogen-bond donors (Lipinski definition) is 1. The van der Waals surface area contributed by atoms with Crippen molar-refractivity contribution < 1.29 is 4.79 Å². The predicted molar refractivity (Wildman–Crippen MR) is 124 cm³/mol. The van der Waals surface area contributed by atoms with Crippen molar-refractivity contribution in [1.29, 1.82) is 0 Å². The van der Waals surface area contributed by atoms with Gasteiger partial charge in [-0.1, -0.05) is 30.3 Å². The number of aromatic nitrogens is 3. The molecule has 1 N–H and O–H groups in total. The summed E-state index contributed by atoms with van der Waals surface area (Å²) >= 11 is 1.65. The minimum absolute atomic E-state index is 0.0735. The van der Waals surface area contributed by atoms with Gasteiger partial charge in [-0.05, 0) is 30.3 Å². The lowest BCUT2D eigenvalue weighted by atomic mass is 10.2. The number of carbonyl (C=O) groups excluding carboxylic acids is 1. The van der Waals surface area contributed by atoms with E-state index in [2.05, 4.69) is 32.8 Å². The molecule has 2 aromatic heterocycles.